The summed E-state index contributed by atoms with van der Waals surface area (Å²) >= 11 is 8.20. The van der Waals surface area contributed by atoms with Crippen LogP contribution in [-0.2, 0) is 13.7 Å². The van der Waals surface area contributed by atoms with E-state index in [0.717, 1.165) is 0 Å². The SMILES string of the molecule is O=C(OOBr)C(Br)Br. The van der Waals surface area contributed by atoms with E-state index in [1.165, 1.54) is 0 Å². The molecule has 0 heterocycles. The number of carbonyl (C=O) groups is 1. The molecule has 0 atom stereocenters. The Kier molecular flexibility index (Phi) is 5.23. The van der Waals surface area contributed by atoms with Gasteiger partial charge in [0.05, 0.1) is 0 Å². The van der Waals surface area contributed by atoms with Crippen molar-refractivity contribution in [1.82, 2.24) is 0 Å². The molecule has 0 aromatic heterocycles. The topological polar surface area (TPSA) is 35.5 Å². The summed E-state index contributed by atoms with van der Waals surface area (Å²) in [7, 11) is 0. The summed E-state index contributed by atoms with van der Waals surface area (Å²) in [6.45, 7) is 0. The van der Waals surface area contributed by atoms with Gasteiger partial charge in [0.1, 0.15) is 0 Å². The van der Waals surface area contributed by atoms with Crippen molar-refractivity contribution in [2.75, 3.05) is 0 Å². The van der Waals surface area contributed by atoms with Crippen LogP contribution >= 0.6 is 48.1 Å². The van der Waals surface area contributed by atoms with E-state index < -0.39 is 9.71 Å². The molecule has 0 aromatic rings. The molecular weight excluding hydrogens is 312 g/mol. The van der Waals surface area contributed by atoms with Crippen LogP contribution in [0.2, 0.25) is 0 Å². The Labute approximate surface area is 71.3 Å². The fourth-order valence-electron chi connectivity index (χ4n) is 0.0674. The van der Waals surface area contributed by atoms with E-state index in [2.05, 4.69) is 57.0 Å². The minimum absolute atomic E-state index is 0.521. The maximum atomic E-state index is 10.3. The average Bonchev–Trinajstić information content (AvgIpc) is 1.67. The summed E-state index contributed by atoms with van der Waals surface area (Å²) in [5.41, 5.74) is 0. The van der Waals surface area contributed by atoms with Gasteiger partial charge < -0.3 is 0 Å². The molecule has 0 unspecified atom stereocenters. The zero-order chi connectivity index (χ0) is 6.57. The molecule has 0 aliphatic rings. The number of rotatable bonds is 2. The minimum atomic E-state index is -0.554. The maximum absolute atomic E-state index is 10.3. The van der Waals surface area contributed by atoms with E-state index in [4.69, 9.17) is 0 Å². The predicted octanol–water partition coefficient (Wildman–Crippen LogP) is 1.89. The van der Waals surface area contributed by atoms with Crippen molar-refractivity contribution in [3.63, 3.8) is 0 Å². The fourth-order valence-corrected chi connectivity index (χ4v) is 0.350. The van der Waals surface area contributed by atoms with Crippen molar-refractivity contribution in [3.8, 4) is 0 Å². The van der Waals surface area contributed by atoms with Crippen molar-refractivity contribution in [2.45, 2.75) is 3.74 Å². The fraction of sp³-hybridized carbons (Fsp3) is 0.500. The van der Waals surface area contributed by atoms with Crippen LogP contribution in [0.5, 0.6) is 0 Å². The molecule has 0 radical (unpaired) electrons. The van der Waals surface area contributed by atoms with Crippen molar-refractivity contribution in [3.05, 3.63) is 0 Å². The smallest absolute Gasteiger partial charge is 0.284 e. The number of hydrogen-bond acceptors (Lipinski definition) is 3. The number of hydrogen-bond donors (Lipinski definition) is 0. The monoisotopic (exact) mass is 310 g/mol. The van der Waals surface area contributed by atoms with Crippen LogP contribution < -0.4 is 0 Å². The molecule has 0 aliphatic heterocycles. The third kappa shape index (κ3) is 3.82. The summed E-state index contributed by atoms with van der Waals surface area (Å²) in [6, 6.07) is 0. The van der Waals surface area contributed by atoms with E-state index in [1.54, 1.807) is 0 Å². The van der Waals surface area contributed by atoms with Crippen LogP contribution in [0.25, 0.3) is 0 Å². The highest BCUT2D eigenvalue weighted by Crippen LogP contribution is 2.10. The second-order valence-electron chi connectivity index (χ2n) is 0.766. The van der Waals surface area contributed by atoms with Gasteiger partial charge in [-0.25, -0.2) is 4.79 Å². The summed E-state index contributed by atoms with van der Waals surface area (Å²) in [6.07, 6.45) is 0. The summed E-state index contributed by atoms with van der Waals surface area (Å²) in [5.74, 6) is -0.554. The summed E-state index contributed by atoms with van der Waals surface area (Å²) < 4.78 is 3.35. The average molecular weight is 313 g/mol. The Morgan fingerprint density at radius 3 is 2.12 bits per heavy atom. The first-order chi connectivity index (χ1) is 3.68. The molecule has 0 N–H and O–H groups in total. The third-order valence-electron chi connectivity index (χ3n) is 0.292. The van der Waals surface area contributed by atoms with Crippen molar-refractivity contribution in [2.24, 2.45) is 0 Å². The molecule has 0 saturated heterocycles. The lowest BCUT2D eigenvalue weighted by Gasteiger charge is -1.95. The lowest BCUT2D eigenvalue weighted by atomic mass is 10.8. The molecule has 0 bridgehead atoms. The highest BCUT2D eigenvalue weighted by molar-refractivity contribution is 9.25. The van der Waals surface area contributed by atoms with Gasteiger partial charge in [0, 0.05) is 0 Å². The Balaban J connectivity index is 3.33. The first-order valence-corrected chi connectivity index (χ1v) is 3.93. The van der Waals surface area contributed by atoms with Gasteiger partial charge in [0.15, 0.2) is 20.0 Å². The highest BCUT2D eigenvalue weighted by Gasteiger charge is 2.11. The zero-order valence-corrected chi connectivity index (χ0v) is 8.19. The second-order valence-corrected chi connectivity index (χ2v) is 4.09. The molecule has 6 heteroatoms. The van der Waals surface area contributed by atoms with Crippen LogP contribution in [0.3, 0.4) is 0 Å². The standard InChI is InChI=1S/C2HBr3O3/c3-1(4)2(6)7-8-5/h1H. The van der Waals surface area contributed by atoms with Crippen LogP contribution in [-0.4, -0.2) is 9.71 Å². The maximum Gasteiger partial charge on any atom is 0.367 e. The van der Waals surface area contributed by atoms with Gasteiger partial charge in [-0.1, -0.05) is 31.9 Å². The van der Waals surface area contributed by atoms with Crippen molar-refractivity contribution < 1.29 is 13.7 Å². The molecule has 48 valence electrons. The van der Waals surface area contributed by atoms with Gasteiger partial charge in [-0.3, -0.25) is 4.89 Å². The third-order valence-corrected chi connectivity index (χ3v) is 1.17. The predicted molar refractivity (Wildman–Crippen MR) is 37.7 cm³/mol. The first kappa shape index (κ1) is 8.87. The van der Waals surface area contributed by atoms with Gasteiger partial charge in [-0.2, -0.15) is 0 Å². The van der Waals surface area contributed by atoms with Gasteiger partial charge in [-0.15, -0.1) is 3.98 Å². The van der Waals surface area contributed by atoms with Crippen molar-refractivity contribution in [1.29, 1.82) is 0 Å². The van der Waals surface area contributed by atoms with E-state index in [-0.39, 0.29) is 0 Å². The van der Waals surface area contributed by atoms with E-state index >= 15 is 0 Å². The number of alkyl halides is 2. The van der Waals surface area contributed by atoms with Crippen molar-refractivity contribution >= 4 is 54.1 Å². The summed E-state index contributed by atoms with van der Waals surface area (Å²) in [5, 5.41) is 0. The molecule has 0 amide bonds. The number of halogens is 3. The van der Waals surface area contributed by atoms with Gasteiger partial charge >= 0.3 is 5.97 Å². The first-order valence-electron chi connectivity index (χ1n) is 1.45. The lowest BCUT2D eigenvalue weighted by Crippen LogP contribution is -2.08. The Morgan fingerprint density at radius 1 is 1.50 bits per heavy atom. The normalized spacial score (nSPS) is 9.50. The van der Waals surface area contributed by atoms with Crippen LogP contribution in [0.4, 0.5) is 0 Å². The molecule has 0 fully saturated rings. The van der Waals surface area contributed by atoms with E-state index in [9.17, 15) is 4.79 Å². The molecule has 3 nitrogen and oxygen atoms in total. The molecule has 0 spiro atoms. The Hall–Kier alpha value is 0.870. The van der Waals surface area contributed by atoms with Gasteiger partial charge in [0.2, 0.25) is 0 Å². The largest absolute Gasteiger partial charge is 0.367 e. The molecule has 0 aliphatic carbocycles. The van der Waals surface area contributed by atoms with Crippen LogP contribution in [0.15, 0.2) is 0 Å². The molecule has 0 rings (SSSR count). The van der Waals surface area contributed by atoms with E-state index in [0.29, 0.717) is 0 Å². The van der Waals surface area contributed by atoms with Crippen LogP contribution in [0.1, 0.15) is 0 Å². The molecule has 8 heavy (non-hydrogen) atoms. The molecular formula is C2HBr3O3. The number of carbonyl (C=O) groups excluding carboxylic acids is 1. The van der Waals surface area contributed by atoms with Gasteiger partial charge in [0.25, 0.3) is 0 Å². The van der Waals surface area contributed by atoms with Gasteiger partial charge in [-0.05, 0) is 0 Å². The second kappa shape index (κ2) is 4.72. The Bertz CT molecular complexity index is 82.6. The summed E-state index contributed by atoms with van der Waals surface area (Å²) in [4.78, 5) is 14.3. The lowest BCUT2D eigenvalue weighted by molar-refractivity contribution is -0.198. The van der Waals surface area contributed by atoms with E-state index in [1.807, 2.05) is 0 Å². The highest BCUT2D eigenvalue weighted by atomic mass is 79.9. The van der Waals surface area contributed by atoms with Crippen LogP contribution in [0, 0.1) is 0 Å². The molecule has 0 saturated carbocycles. The Morgan fingerprint density at radius 2 is 2.00 bits per heavy atom. The zero-order valence-electron chi connectivity index (χ0n) is 3.44. The molecule has 0 aromatic carbocycles. The quantitative estimate of drug-likeness (QED) is 0.444. The minimum Gasteiger partial charge on any atom is -0.284 e.